The van der Waals surface area contributed by atoms with E-state index in [1.165, 1.54) is 28.7 Å². The number of nitrogens with one attached hydrogen (secondary N) is 1. The number of nitrogens with zero attached hydrogens (tertiary/aromatic N) is 4. The lowest BCUT2D eigenvalue weighted by Gasteiger charge is -2.13. The molecule has 3 aromatic rings. The molecule has 154 valence electrons. The Morgan fingerprint density at radius 2 is 2.10 bits per heavy atom. The highest BCUT2D eigenvalue weighted by atomic mass is 32.2. The maximum absolute atomic E-state index is 12.5. The van der Waals surface area contributed by atoms with E-state index in [1.54, 1.807) is 0 Å². The second-order valence-electron chi connectivity index (χ2n) is 6.74. The van der Waals surface area contributed by atoms with Crippen molar-refractivity contribution in [2.24, 2.45) is 0 Å². The van der Waals surface area contributed by atoms with Gasteiger partial charge in [-0.2, -0.15) is 0 Å². The fourth-order valence-corrected chi connectivity index (χ4v) is 4.39. The molecule has 3 rings (SSSR count). The first-order valence-electron chi connectivity index (χ1n) is 9.39. The van der Waals surface area contributed by atoms with Gasteiger partial charge in [0, 0.05) is 11.9 Å². The topological polar surface area (TPSA) is 81.9 Å². The molecular formula is C20H25N5O2S2. The van der Waals surface area contributed by atoms with Gasteiger partial charge in [-0.25, -0.2) is 4.98 Å². The van der Waals surface area contributed by atoms with E-state index in [2.05, 4.69) is 33.5 Å². The molecule has 1 amide bonds. The van der Waals surface area contributed by atoms with E-state index >= 15 is 0 Å². The molecule has 0 aliphatic rings. The Hall–Kier alpha value is -2.39. The third-order valence-corrected chi connectivity index (χ3v) is 6.25. The van der Waals surface area contributed by atoms with E-state index in [9.17, 15) is 4.79 Å². The fourth-order valence-electron chi connectivity index (χ4n) is 2.76. The SMILES string of the molecule is CCn1c(COc2ccc(C)cc2C)nnc1S[C@H](C)C(=O)Nc1nc(C)cs1. The van der Waals surface area contributed by atoms with Crippen LogP contribution in [0, 0.1) is 20.8 Å². The molecule has 0 saturated carbocycles. The second-order valence-corrected chi connectivity index (χ2v) is 8.91. The molecule has 0 fully saturated rings. The van der Waals surface area contributed by atoms with Gasteiger partial charge in [0.25, 0.3) is 0 Å². The number of amides is 1. The van der Waals surface area contributed by atoms with Gasteiger partial charge in [0.2, 0.25) is 5.91 Å². The van der Waals surface area contributed by atoms with Crippen LogP contribution in [0.2, 0.25) is 0 Å². The number of rotatable bonds is 8. The van der Waals surface area contributed by atoms with Gasteiger partial charge in [0.15, 0.2) is 16.1 Å². The minimum absolute atomic E-state index is 0.108. The number of aryl methyl sites for hydroxylation is 3. The highest BCUT2D eigenvalue weighted by molar-refractivity contribution is 8.00. The number of thiazole rings is 1. The highest BCUT2D eigenvalue weighted by Gasteiger charge is 2.21. The third kappa shape index (κ3) is 5.36. The number of benzene rings is 1. The zero-order chi connectivity index (χ0) is 21.0. The van der Waals surface area contributed by atoms with E-state index in [1.807, 2.05) is 49.8 Å². The van der Waals surface area contributed by atoms with E-state index < -0.39 is 0 Å². The lowest BCUT2D eigenvalue weighted by atomic mass is 10.1. The zero-order valence-electron chi connectivity index (χ0n) is 17.2. The molecule has 0 saturated heterocycles. The molecule has 29 heavy (non-hydrogen) atoms. The number of hydrogen-bond acceptors (Lipinski definition) is 7. The summed E-state index contributed by atoms with van der Waals surface area (Å²) >= 11 is 2.79. The van der Waals surface area contributed by atoms with Crippen molar-refractivity contribution in [3.05, 3.63) is 46.2 Å². The molecular weight excluding hydrogens is 406 g/mol. The van der Waals surface area contributed by atoms with Crippen molar-refractivity contribution >= 4 is 34.1 Å². The van der Waals surface area contributed by atoms with Gasteiger partial charge < -0.3 is 14.6 Å². The predicted molar refractivity (Wildman–Crippen MR) is 117 cm³/mol. The van der Waals surface area contributed by atoms with Crippen LogP contribution in [0.3, 0.4) is 0 Å². The van der Waals surface area contributed by atoms with Gasteiger partial charge in [-0.1, -0.05) is 29.5 Å². The maximum atomic E-state index is 12.5. The van der Waals surface area contributed by atoms with Gasteiger partial charge in [0.1, 0.15) is 12.4 Å². The van der Waals surface area contributed by atoms with Crippen LogP contribution >= 0.6 is 23.1 Å². The summed E-state index contributed by atoms with van der Waals surface area (Å²) in [7, 11) is 0. The van der Waals surface area contributed by atoms with Crippen LogP contribution in [0.1, 0.15) is 36.5 Å². The Kier molecular flexibility index (Phi) is 6.92. The van der Waals surface area contributed by atoms with Gasteiger partial charge in [-0.15, -0.1) is 21.5 Å². The smallest absolute Gasteiger partial charge is 0.239 e. The Morgan fingerprint density at radius 3 is 2.76 bits per heavy atom. The highest BCUT2D eigenvalue weighted by Crippen LogP contribution is 2.25. The van der Waals surface area contributed by atoms with Crippen LogP contribution in [0.4, 0.5) is 5.13 Å². The first-order valence-corrected chi connectivity index (χ1v) is 11.1. The molecule has 1 aromatic carbocycles. The lowest BCUT2D eigenvalue weighted by Crippen LogP contribution is -2.23. The molecule has 1 atom stereocenters. The van der Waals surface area contributed by atoms with Crippen molar-refractivity contribution < 1.29 is 9.53 Å². The van der Waals surface area contributed by atoms with Crippen LogP contribution in [0.15, 0.2) is 28.7 Å². The van der Waals surface area contributed by atoms with Crippen LogP contribution in [-0.2, 0) is 17.9 Å². The standard InChI is InChI=1S/C20H25N5O2S2/c1-6-25-17(10-27-16-8-7-12(2)9-13(16)3)23-24-20(25)29-15(5)18(26)22-19-21-14(4)11-28-19/h7-9,11,15H,6,10H2,1-5H3,(H,21,22,26)/t15-/m1/s1. The summed E-state index contributed by atoms with van der Waals surface area (Å²) in [5.74, 6) is 1.46. The number of thioether (sulfide) groups is 1. The predicted octanol–water partition coefficient (Wildman–Crippen LogP) is 4.38. The van der Waals surface area contributed by atoms with Gasteiger partial charge in [0.05, 0.1) is 10.9 Å². The molecule has 0 radical (unpaired) electrons. The van der Waals surface area contributed by atoms with E-state index in [-0.39, 0.29) is 11.2 Å². The molecule has 7 nitrogen and oxygen atoms in total. The number of aromatic nitrogens is 4. The molecule has 0 bridgehead atoms. The molecule has 0 aliphatic carbocycles. The summed E-state index contributed by atoms with van der Waals surface area (Å²) in [6.07, 6.45) is 0. The van der Waals surface area contributed by atoms with Gasteiger partial charge in [-0.05, 0) is 46.2 Å². The van der Waals surface area contributed by atoms with Crippen molar-refractivity contribution in [2.75, 3.05) is 5.32 Å². The number of ether oxygens (including phenoxy) is 1. The molecule has 2 aromatic heterocycles. The lowest BCUT2D eigenvalue weighted by molar-refractivity contribution is -0.115. The molecule has 0 spiro atoms. The monoisotopic (exact) mass is 431 g/mol. The summed E-state index contributed by atoms with van der Waals surface area (Å²) in [6.45, 7) is 10.9. The molecule has 0 aliphatic heterocycles. The molecule has 1 N–H and O–H groups in total. The molecule has 9 heteroatoms. The van der Waals surface area contributed by atoms with E-state index in [4.69, 9.17) is 4.74 Å². The van der Waals surface area contributed by atoms with Crippen LogP contribution in [0.5, 0.6) is 5.75 Å². The largest absolute Gasteiger partial charge is 0.485 e. The normalized spacial score (nSPS) is 12.0. The van der Waals surface area contributed by atoms with Crippen molar-refractivity contribution in [1.82, 2.24) is 19.7 Å². The Morgan fingerprint density at radius 1 is 1.31 bits per heavy atom. The second kappa shape index (κ2) is 9.41. The van der Waals surface area contributed by atoms with Crippen LogP contribution in [-0.4, -0.2) is 30.9 Å². The Bertz CT molecular complexity index is 999. The summed E-state index contributed by atoms with van der Waals surface area (Å²) in [6, 6.07) is 6.09. The third-order valence-electron chi connectivity index (χ3n) is 4.30. The van der Waals surface area contributed by atoms with Crippen molar-refractivity contribution in [3.8, 4) is 5.75 Å². The van der Waals surface area contributed by atoms with E-state index in [0.29, 0.717) is 23.4 Å². The number of carbonyl (C=O) groups excluding carboxylic acids is 1. The Balaban J connectivity index is 1.64. The van der Waals surface area contributed by atoms with Gasteiger partial charge >= 0.3 is 0 Å². The van der Waals surface area contributed by atoms with Crippen molar-refractivity contribution in [3.63, 3.8) is 0 Å². The Labute approximate surface area is 178 Å². The summed E-state index contributed by atoms with van der Waals surface area (Å²) < 4.78 is 7.93. The van der Waals surface area contributed by atoms with Crippen molar-refractivity contribution in [2.45, 2.75) is 58.2 Å². The zero-order valence-corrected chi connectivity index (χ0v) is 18.9. The number of hydrogen-bond donors (Lipinski definition) is 1. The van der Waals surface area contributed by atoms with Crippen molar-refractivity contribution in [1.29, 1.82) is 0 Å². The first-order chi connectivity index (χ1) is 13.9. The summed E-state index contributed by atoms with van der Waals surface area (Å²) in [5.41, 5.74) is 3.18. The minimum atomic E-state index is -0.332. The van der Waals surface area contributed by atoms with E-state index in [0.717, 1.165) is 22.8 Å². The van der Waals surface area contributed by atoms with Crippen LogP contribution in [0.25, 0.3) is 0 Å². The fraction of sp³-hybridized carbons (Fsp3) is 0.400. The maximum Gasteiger partial charge on any atom is 0.239 e. The first kappa shape index (κ1) is 21.3. The summed E-state index contributed by atoms with van der Waals surface area (Å²) in [5, 5.41) is 14.3. The quantitative estimate of drug-likeness (QED) is 0.533. The minimum Gasteiger partial charge on any atom is -0.485 e. The number of carbonyl (C=O) groups is 1. The number of anilines is 1. The van der Waals surface area contributed by atoms with Crippen LogP contribution < -0.4 is 10.1 Å². The molecule has 2 heterocycles. The summed E-state index contributed by atoms with van der Waals surface area (Å²) in [4.78, 5) is 16.7. The molecule has 0 unspecified atom stereocenters. The average molecular weight is 432 g/mol. The average Bonchev–Trinajstić information content (AvgIpc) is 3.26. The van der Waals surface area contributed by atoms with Gasteiger partial charge in [-0.3, -0.25) is 4.79 Å².